The maximum absolute atomic E-state index is 14.7. The molecule has 0 bridgehead atoms. The number of nitrogens with zero attached hydrogens (tertiary/aromatic N) is 3. The van der Waals surface area contributed by atoms with E-state index >= 15 is 0 Å². The second-order valence-electron chi connectivity index (χ2n) is 4.40. The second kappa shape index (κ2) is 5.68. The maximum Gasteiger partial charge on any atom is 0.198 e. The molecular weight excluding hydrogens is 423 g/mol. The summed E-state index contributed by atoms with van der Waals surface area (Å²) >= 11 is 7.96. The molecule has 2 aromatic rings. The van der Waals surface area contributed by atoms with E-state index in [0.29, 0.717) is 26.7 Å². The first-order valence-electron chi connectivity index (χ1n) is 5.93. The average Bonchev–Trinajstić information content (AvgIpc) is 2.95. The van der Waals surface area contributed by atoms with Gasteiger partial charge in [0.2, 0.25) is 0 Å². The normalized spacial score (nSPS) is 25.4. The molecule has 108 valence electrons. The van der Waals surface area contributed by atoms with Crippen LogP contribution < -0.4 is 5.73 Å². The highest BCUT2D eigenvalue weighted by atomic mass is 79.9. The fourth-order valence-corrected chi connectivity index (χ4v) is 3.32. The van der Waals surface area contributed by atoms with Gasteiger partial charge in [-0.3, -0.25) is 5.73 Å². The summed E-state index contributed by atoms with van der Waals surface area (Å²) in [7, 11) is 0. The van der Waals surface area contributed by atoms with E-state index in [9.17, 15) is 4.39 Å². The van der Waals surface area contributed by atoms with Gasteiger partial charge < -0.3 is 0 Å². The van der Waals surface area contributed by atoms with Crippen LogP contribution in [0.3, 0.4) is 0 Å². The van der Waals surface area contributed by atoms with Crippen molar-refractivity contribution in [2.24, 2.45) is 10.7 Å². The van der Waals surface area contributed by atoms with Gasteiger partial charge in [0.05, 0.1) is 17.1 Å². The number of aliphatic imine (C=N–C) groups is 1. The first-order valence-corrected chi connectivity index (χ1v) is 8.52. The molecule has 8 heteroatoms. The van der Waals surface area contributed by atoms with E-state index in [4.69, 9.17) is 5.73 Å². The number of rotatable bonds is 2. The lowest BCUT2D eigenvalue weighted by molar-refractivity contribution is 0.258. The highest BCUT2D eigenvalue weighted by Crippen LogP contribution is 2.34. The van der Waals surface area contributed by atoms with Crippen molar-refractivity contribution in [2.45, 2.75) is 10.6 Å². The lowest BCUT2D eigenvalue weighted by Gasteiger charge is -2.28. The molecule has 21 heavy (non-hydrogen) atoms. The van der Waals surface area contributed by atoms with Crippen molar-refractivity contribution in [3.8, 4) is 0 Å². The summed E-state index contributed by atoms with van der Waals surface area (Å²) in [6.45, 7) is 0. The third kappa shape index (κ3) is 2.98. The Hall–Kier alpha value is -0.960. The molecule has 0 spiro atoms. The molecule has 2 aromatic heterocycles. The van der Waals surface area contributed by atoms with E-state index < -0.39 is 10.6 Å². The Labute approximate surface area is 141 Å². The lowest BCUT2D eigenvalue weighted by atomic mass is 10.0. The Morgan fingerprint density at radius 2 is 2.19 bits per heavy atom. The van der Waals surface area contributed by atoms with Crippen LogP contribution in [-0.2, 0) is 0 Å². The summed E-state index contributed by atoms with van der Waals surface area (Å²) in [4.78, 5) is 12.2. The van der Waals surface area contributed by atoms with Gasteiger partial charge in [-0.2, -0.15) is 0 Å². The Balaban J connectivity index is 2.12. The predicted molar refractivity (Wildman–Crippen MR) is 89.3 cm³/mol. The number of hydrogen-bond acceptors (Lipinski definition) is 5. The van der Waals surface area contributed by atoms with E-state index in [-0.39, 0.29) is 0 Å². The topological polar surface area (TPSA) is 64.2 Å². The molecule has 0 saturated carbocycles. The smallest absolute Gasteiger partial charge is 0.198 e. The molecule has 3 rings (SSSR count). The molecular formula is C13H9Br2FN4S. The van der Waals surface area contributed by atoms with Crippen LogP contribution in [0, 0.1) is 0 Å². The fourth-order valence-electron chi connectivity index (χ4n) is 1.91. The Morgan fingerprint density at radius 3 is 2.86 bits per heavy atom. The maximum atomic E-state index is 14.7. The molecule has 4 nitrogen and oxygen atoms in total. The van der Waals surface area contributed by atoms with E-state index in [0.717, 1.165) is 0 Å². The van der Waals surface area contributed by atoms with Crippen LogP contribution in [0.4, 0.5) is 4.39 Å². The zero-order valence-corrected chi connectivity index (χ0v) is 14.5. The summed E-state index contributed by atoms with van der Waals surface area (Å²) in [5.74, 6) is -2.07. The Morgan fingerprint density at radius 1 is 1.38 bits per heavy atom. The zero-order valence-electron chi connectivity index (χ0n) is 10.5. The largest absolute Gasteiger partial charge is 0.294 e. The summed E-state index contributed by atoms with van der Waals surface area (Å²) in [5.41, 5.74) is 7.16. The Bertz CT molecular complexity index is 728. The number of pyridine rings is 1. The second-order valence-corrected chi connectivity index (χ2v) is 7.02. The molecule has 0 amide bonds. The zero-order chi connectivity index (χ0) is 15.0. The number of aromatic nitrogens is 2. The van der Waals surface area contributed by atoms with Gasteiger partial charge >= 0.3 is 0 Å². The van der Waals surface area contributed by atoms with Crippen molar-refractivity contribution >= 4 is 54.6 Å². The molecule has 2 N–H and O–H groups in total. The number of thiazole rings is 1. The fraction of sp³-hybridized carbons (Fsp3) is 0.154. The van der Waals surface area contributed by atoms with Gasteiger partial charge in [-0.05, 0) is 34.1 Å². The quantitative estimate of drug-likeness (QED) is 0.449. The van der Waals surface area contributed by atoms with Crippen LogP contribution in [0.1, 0.15) is 10.7 Å². The van der Waals surface area contributed by atoms with Crippen LogP contribution in [0.5, 0.6) is 0 Å². The summed E-state index contributed by atoms with van der Waals surface area (Å²) in [5, 5.41) is 2.42. The molecule has 2 unspecified atom stereocenters. The van der Waals surface area contributed by atoms with Crippen molar-refractivity contribution in [3.05, 3.63) is 51.2 Å². The minimum atomic E-state index is -2.07. The van der Waals surface area contributed by atoms with Crippen LogP contribution in [0.2, 0.25) is 0 Å². The first kappa shape index (κ1) is 15.0. The SMILES string of the molecule is NC1(F)C=C(c2nccs2)N=C(c2cccc(Br)n2)C1Br. The summed E-state index contributed by atoms with van der Waals surface area (Å²) in [6, 6.07) is 5.37. The van der Waals surface area contributed by atoms with Gasteiger partial charge in [-0.15, -0.1) is 11.3 Å². The van der Waals surface area contributed by atoms with Crippen LogP contribution in [0.15, 0.2) is 45.4 Å². The van der Waals surface area contributed by atoms with Crippen LogP contribution >= 0.6 is 43.2 Å². The lowest BCUT2D eigenvalue weighted by Crippen LogP contribution is -2.48. The van der Waals surface area contributed by atoms with E-state index in [1.54, 1.807) is 23.7 Å². The van der Waals surface area contributed by atoms with Gasteiger partial charge in [-0.1, -0.05) is 22.0 Å². The van der Waals surface area contributed by atoms with Gasteiger partial charge in [0, 0.05) is 11.6 Å². The molecule has 0 radical (unpaired) electrons. The van der Waals surface area contributed by atoms with Gasteiger partial charge in [0.15, 0.2) is 5.79 Å². The molecule has 2 atom stereocenters. The van der Waals surface area contributed by atoms with Gasteiger partial charge in [0.1, 0.15) is 14.4 Å². The number of alkyl halides is 2. The molecule has 3 heterocycles. The minimum Gasteiger partial charge on any atom is -0.294 e. The molecule has 0 fully saturated rings. The number of nitrogens with two attached hydrogens (primary N) is 1. The highest BCUT2D eigenvalue weighted by Gasteiger charge is 2.40. The van der Waals surface area contributed by atoms with E-state index in [1.807, 2.05) is 6.07 Å². The third-order valence-electron chi connectivity index (χ3n) is 2.86. The summed E-state index contributed by atoms with van der Waals surface area (Å²) in [6.07, 6.45) is 2.93. The van der Waals surface area contributed by atoms with Gasteiger partial charge in [-0.25, -0.2) is 19.4 Å². The third-order valence-corrected chi connectivity index (χ3v) is 5.23. The molecule has 0 aromatic carbocycles. The minimum absolute atomic E-state index is 0.419. The monoisotopic (exact) mass is 430 g/mol. The van der Waals surface area contributed by atoms with E-state index in [1.165, 1.54) is 17.4 Å². The van der Waals surface area contributed by atoms with E-state index in [2.05, 4.69) is 46.8 Å². The van der Waals surface area contributed by atoms with Crippen molar-refractivity contribution in [1.29, 1.82) is 0 Å². The predicted octanol–water partition coefficient (Wildman–Crippen LogP) is 3.53. The van der Waals surface area contributed by atoms with Crippen LogP contribution in [-0.4, -0.2) is 26.3 Å². The molecule has 1 aliphatic heterocycles. The number of halogens is 3. The highest BCUT2D eigenvalue weighted by molar-refractivity contribution is 9.10. The number of hydrogen-bond donors (Lipinski definition) is 1. The summed E-state index contributed by atoms with van der Waals surface area (Å²) < 4.78 is 15.3. The van der Waals surface area contributed by atoms with Crippen LogP contribution in [0.25, 0.3) is 5.70 Å². The van der Waals surface area contributed by atoms with Crippen molar-refractivity contribution in [3.63, 3.8) is 0 Å². The molecule has 0 aliphatic carbocycles. The molecule has 0 saturated heterocycles. The van der Waals surface area contributed by atoms with Gasteiger partial charge in [0.25, 0.3) is 0 Å². The van der Waals surface area contributed by atoms with Crippen molar-refractivity contribution < 1.29 is 4.39 Å². The average molecular weight is 432 g/mol. The van der Waals surface area contributed by atoms with Crippen molar-refractivity contribution in [1.82, 2.24) is 9.97 Å². The first-order chi connectivity index (χ1) is 9.97. The standard InChI is InChI=1S/C13H9Br2FN4S/c14-9-3-1-2-7(19-9)10-11(15)13(16,17)6-8(20-10)12-18-4-5-21-12/h1-6,11H,17H2. The molecule has 1 aliphatic rings. The Kier molecular flexibility index (Phi) is 4.04. The van der Waals surface area contributed by atoms with Crippen molar-refractivity contribution in [2.75, 3.05) is 0 Å².